The zero-order valence-electron chi connectivity index (χ0n) is 23.6. The third-order valence-electron chi connectivity index (χ3n) is 7.83. The molecule has 13 heteroatoms. The number of carbonyl (C=O) groups excluding carboxylic acids is 2. The van der Waals surface area contributed by atoms with Crippen LogP contribution in [0.4, 0.5) is 22.6 Å². The molecule has 0 spiro atoms. The van der Waals surface area contributed by atoms with Crippen molar-refractivity contribution in [1.82, 2.24) is 24.9 Å². The van der Waals surface area contributed by atoms with E-state index in [0.29, 0.717) is 30.2 Å². The minimum atomic E-state index is -4.81. The van der Waals surface area contributed by atoms with E-state index in [1.807, 2.05) is 0 Å². The molecule has 3 aromatic rings. The molecule has 1 N–H and O–H groups in total. The summed E-state index contributed by atoms with van der Waals surface area (Å²) < 4.78 is 58.7. The molecule has 0 bridgehead atoms. The Morgan fingerprint density at radius 3 is 2.70 bits per heavy atom. The van der Waals surface area contributed by atoms with Gasteiger partial charge in [-0.3, -0.25) is 14.3 Å². The number of benzene rings is 1. The maximum absolute atomic E-state index is 15.5. The smallest absolute Gasteiger partial charge is 0.341 e. The zero-order valence-corrected chi connectivity index (χ0v) is 24.4. The number of fused-ring (bicyclic) bond motifs is 1. The molecule has 4 heterocycles. The lowest BCUT2D eigenvalue weighted by molar-refractivity contribution is -0.141. The molecule has 1 fully saturated rings. The van der Waals surface area contributed by atoms with Gasteiger partial charge in [-0.15, -0.1) is 0 Å². The summed E-state index contributed by atoms with van der Waals surface area (Å²) in [6.45, 7) is 12.9. The third kappa shape index (κ3) is 6.35. The summed E-state index contributed by atoms with van der Waals surface area (Å²) in [5, 5.41) is 7.38. The van der Waals surface area contributed by atoms with E-state index in [4.69, 9.17) is 6.57 Å². The number of likely N-dealkylation sites (tertiary alicyclic amines) is 1. The van der Waals surface area contributed by atoms with Gasteiger partial charge in [-0.2, -0.15) is 29.6 Å². The summed E-state index contributed by atoms with van der Waals surface area (Å²) in [6, 6.07) is 5.94. The van der Waals surface area contributed by atoms with Crippen molar-refractivity contribution in [3.8, 4) is 11.1 Å². The monoisotopic (exact) mass is 614 g/mol. The highest BCUT2D eigenvalue weighted by Gasteiger charge is 2.40. The van der Waals surface area contributed by atoms with Crippen LogP contribution in [0.2, 0.25) is 0 Å². The van der Waals surface area contributed by atoms with Gasteiger partial charge in [0.2, 0.25) is 16.8 Å². The first-order valence-electron chi connectivity index (χ1n) is 13.9. The summed E-state index contributed by atoms with van der Waals surface area (Å²) in [5.41, 5.74) is -0.775. The first kappa shape index (κ1) is 30.4. The number of hydrogen-bond acceptors (Lipinski definition) is 5. The Hall–Kier alpha value is -4.02. The minimum Gasteiger partial charge on any atom is -0.341 e. The highest BCUT2D eigenvalue weighted by molar-refractivity contribution is 7.16. The summed E-state index contributed by atoms with van der Waals surface area (Å²) in [6.07, 6.45) is 0.352. The van der Waals surface area contributed by atoms with Crippen LogP contribution in [0.1, 0.15) is 47.9 Å². The number of alkyl halides is 3. The number of rotatable bonds is 7. The van der Waals surface area contributed by atoms with Crippen molar-refractivity contribution >= 4 is 28.2 Å². The lowest BCUT2D eigenvalue weighted by atomic mass is 9.83. The molecule has 2 atom stereocenters. The van der Waals surface area contributed by atoms with Crippen LogP contribution >= 0.6 is 11.3 Å². The minimum absolute atomic E-state index is 0.0271. The zero-order chi connectivity index (χ0) is 30.9. The molecule has 43 heavy (non-hydrogen) atoms. The van der Waals surface area contributed by atoms with Crippen molar-refractivity contribution in [2.75, 3.05) is 26.2 Å². The highest BCUT2D eigenvalue weighted by Crippen LogP contribution is 2.46. The number of thiophene rings is 1. The number of amides is 2. The number of nitrogens with zero attached hydrogens (tertiary/aromatic N) is 5. The topological polar surface area (TPSA) is 74.8 Å². The van der Waals surface area contributed by atoms with Crippen molar-refractivity contribution in [1.29, 1.82) is 0 Å². The molecule has 1 unspecified atom stereocenters. The van der Waals surface area contributed by atoms with E-state index in [1.165, 1.54) is 36.6 Å². The lowest BCUT2D eigenvalue weighted by Crippen LogP contribution is -2.37. The molecule has 2 amide bonds. The van der Waals surface area contributed by atoms with E-state index in [-0.39, 0.29) is 54.2 Å². The molecule has 5 rings (SSSR count). The van der Waals surface area contributed by atoms with Crippen LogP contribution in [0.5, 0.6) is 0 Å². The fourth-order valence-electron chi connectivity index (χ4n) is 5.70. The van der Waals surface area contributed by atoms with Crippen molar-refractivity contribution in [3.05, 3.63) is 81.5 Å². The third-order valence-corrected chi connectivity index (χ3v) is 8.86. The van der Waals surface area contributed by atoms with E-state index >= 15 is 4.39 Å². The normalized spacial score (nSPS) is 18.7. The quantitative estimate of drug-likeness (QED) is 0.214. The Bertz CT molecular complexity index is 1600. The maximum Gasteiger partial charge on any atom is 0.435 e. The van der Waals surface area contributed by atoms with Gasteiger partial charge in [-0.25, -0.2) is 9.24 Å². The van der Waals surface area contributed by atoms with Gasteiger partial charge in [-0.1, -0.05) is 18.2 Å². The van der Waals surface area contributed by atoms with Crippen LogP contribution in [0.15, 0.2) is 42.6 Å². The van der Waals surface area contributed by atoms with E-state index < -0.39 is 23.6 Å². The van der Waals surface area contributed by atoms with Gasteiger partial charge in [0.25, 0.3) is 0 Å². The van der Waals surface area contributed by atoms with Crippen LogP contribution < -0.4 is 5.32 Å². The fourth-order valence-corrected chi connectivity index (χ4v) is 6.72. The van der Waals surface area contributed by atoms with Gasteiger partial charge >= 0.3 is 6.18 Å². The fraction of sp³-hybridized carbons (Fsp3) is 0.400. The van der Waals surface area contributed by atoms with Crippen LogP contribution in [-0.4, -0.2) is 63.6 Å². The number of carbonyl (C=O) groups is 2. The summed E-state index contributed by atoms with van der Waals surface area (Å²) in [7, 11) is 0. The van der Waals surface area contributed by atoms with E-state index in [9.17, 15) is 22.8 Å². The molecule has 2 aliphatic heterocycles. The molecular weight excluding hydrogens is 584 g/mol. The Labute approximate surface area is 250 Å². The molecule has 1 aromatic carbocycles. The van der Waals surface area contributed by atoms with Crippen LogP contribution in [0.3, 0.4) is 0 Å². The Morgan fingerprint density at radius 2 is 2.02 bits per heavy atom. The second kappa shape index (κ2) is 12.3. The van der Waals surface area contributed by atoms with E-state index in [0.717, 1.165) is 22.0 Å². The van der Waals surface area contributed by atoms with Gasteiger partial charge in [0, 0.05) is 79.9 Å². The average Bonchev–Trinajstić information content (AvgIpc) is 3.72. The molecule has 2 aliphatic rings. The Morgan fingerprint density at radius 1 is 1.23 bits per heavy atom. The first-order chi connectivity index (χ1) is 20.5. The lowest BCUT2D eigenvalue weighted by Gasteiger charge is -2.34. The Kier molecular flexibility index (Phi) is 8.71. The molecule has 0 radical (unpaired) electrons. The Balaban J connectivity index is 1.44. The number of aryl methyl sites for hydroxylation is 1. The first-order valence-corrected chi connectivity index (χ1v) is 14.7. The van der Waals surface area contributed by atoms with Gasteiger partial charge in [0.15, 0.2) is 5.69 Å². The van der Waals surface area contributed by atoms with E-state index in [1.54, 1.807) is 34.9 Å². The summed E-state index contributed by atoms with van der Waals surface area (Å²) in [4.78, 5) is 32.5. The SMILES string of the molecule is [C-]#[N+]c1cc2c(s1)CN(C(=O)/C=C/CNC1CCN(C(C)=O)C1)C[C@H]2c1cccc(F)c1-c1cn(CC)nc1C(F)(F)F. The van der Waals surface area contributed by atoms with E-state index in [2.05, 4.69) is 15.3 Å². The number of hydrogen-bond donors (Lipinski definition) is 1. The van der Waals surface area contributed by atoms with Crippen molar-refractivity contribution in [2.24, 2.45) is 0 Å². The highest BCUT2D eigenvalue weighted by atomic mass is 32.1. The maximum atomic E-state index is 15.5. The predicted molar refractivity (Wildman–Crippen MR) is 154 cm³/mol. The van der Waals surface area contributed by atoms with Gasteiger partial charge in [0.05, 0.1) is 13.1 Å². The number of aromatic nitrogens is 2. The van der Waals surface area contributed by atoms with Gasteiger partial charge < -0.3 is 15.1 Å². The van der Waals surface area contributed by atoms with Crippen molar-refractivity contribution in [3.63, 3.8) is 0 Å². The standard InChI is InChI=1S/C30H30F4N6O2S/c1-4-40-16-23(29(37-40)30(32,33)34)28-20(7-5-8-24(28)31)22-15-39(17-25-21(22)13-26(35-3)43-25)27(42)9-6-11-36-19-10-12-38(14-19)18(2)41/h5-9,13,16,19,22,36H,4,10-12,14-15,17H2,1-2H3/b9-6+/t19?,22-/m0/s1. The molecule has 0 aliphatic carbocycles. The van der Waals surface area contributed by atoms with Crippen molar-refractivity contribution < 1.29 is 27.2 Å². The van der Waals surface area contributed by atoms with Gasteiger partial charge in [0.1, 0.15) is 5.82 Å². The number of nitrogens with one attached hydrogen (secondary N) is 1. The molecule has 2 aromatic heterocycles. The molecular formula is C30H30F4N6O2S. The van der Waals surface area contributed by atoms with Gasteiger partial charge in [-0.05, 0) is 36.6 Å². The second-order valence-corrected chi connectivity index (χ2v) is 11.7. The average molecular weight is 615 g/mol. The van der Waals surface area contributed by atoms with Crippen LogP contribution in [0.25, 0.3) is 16.0 Å². The van der Waals surface area contributed by atoms with Crippen molar-refractivity contribution in [2.45, 2.75) is 51.5 Å². The number of halogens is 4. The molecule has 0 saturated carbocycles. The van der Waals surface area contributed by atoms with Crippen LogP contribution in [-0.2, 0) is 28.9 Å². The largest absolute Gasteiger partial charge is 0.435 e. The summed E-state index contributed by atoms with van der Waals surface area (Å²) in [5.74, 6) is -1.77. The summed E-state index contributed by atoms with van der Waals surface area (Å²) >= 11 is 1.22. The molecule has 1 saturated heterocycles. The van der Waals surface area contributed by atoms with Crippen LogP contribution in [0, 0.1) is 12.4 Å². The predicted octanol–water partition coefficient (Wildman–Crippen LogP) is 5.58. The molecule has 8 nitrogen and oxygen atoms in total. The molecule has 226 valence electrons. The second-order valence-electron chi connectivity index (χ2n) is 10.6.